The molecule has 0 aliphatic carbocycles. The van der Waals surface area contributed by atoms with Crippen molar-refractivity contribution in [1.82, 2.24) is 5.16 Å². The lowest BCUT2D eigenvalue weighted by atomic mass is 10.0. The van der Waals surface area contributed by atoms with Gasteiger partial charge in [-0.2, -0.15) is 0 Å². The molecule has 0 aliphatic heterocycles. The largest absolute Gasteiger partial charge is 0.478 e. The number of carbonyl (C=O) groups excluding carboxylic acids is 2. The fraction of sp³-hybridized carbons (Fsp3) is 0.143. The van der Waals surface area contributed by atoms with Crippen molar-refractivity contribution in [3.63, 3.8) is 0 Å². The molecule has 0 bridgehead atoms. The van der Waals surface area contributed by atoms with E-state index in [4.69, 9.17) is 9.63 Å². The highest BCUT2D eigenvalue weighted by atomic mass is 16.6. The molecule has 2 rings (SSSR count). The van der Waals surface area contributed by atoms with E-state index in [2.05, 4.69) is 14.6 Å². The molecular formula is C14H11NO7. The SMILES string of the molecule is COC(=O)c1onc(-c2ccc(C(=O)O)cc2)c1C(=O)OC. The molecule has 1 heterocycles. The predicted molar refractivity (Wildman–Crippen MR) is 71.6 cm³/mol. The summed E-state index contributed by atoms with van der Waals surface area (Å²) in [5.41, 5.74) is 0.339. The molecule has 2 aromatic rings. The van der Waals surface area contributed by atoms with E-state index < -0.39 is 17.9 Å². The third kappa shape index (κ3) is 2.66. The molecule has 0 unspecified atom stereocenters. The maximum absolute atomic E-state index is 11.9. The van der Waals surface area contributed by atoms with E-state index in [9.17, 15) is 14.4 Å². The molecule has 8 nitrogen and oxygen atoms in total. The van der Waals surface area contributed by atoms with E-state index in [0.29, 0.717) is 5.56 Å². The Kier molecular flexibility index (Phi) is 4.21. The zero-order valence-electron chi connectivity index (χ0n) is 11.7. The zero-order chi connectivity index (χ0) is 16.3. The van der Waals surface area contributed by atoms with Crippen molar-refractivity contribution in [2.75, 3.05) is 14.2 Å². The van der Waals surface area contributed by atoms with Gasteiger partial charge >= 0.3 is 17.9 Å². The van der Waals surface area contributed by atoms with Crippen molar-refractivity contribution in [3.8, 4) is 11.3 Å². The van der Waals surface area contributed by atoms with Gasteiger partial charge in [0.15, 0.2) is 0 Å². The molecule has 0 amide bonds. The van der Waals surface area contributed by atoms with Gasteiger partial charge in [0.05, 0.1) is 19.8 Å². The van der Waals surface area contributed by atoms with Gasteiger partial charge in [-0.15, -0.1) is 0 Å². The molecule has 0 atom stereocenters. The van der Waals surface area contributed by atoms with Crippen LogP contribution in [0.2, 0.25) is 0 Å². The maximum atomic E-state index is 11.9. The van der Waals surface area contributed by atoms with E-state index in [-0.39, 0.29) is 22.6 Å². The van der Waals surface area contributed by atoms with Crippen molar-refractivity contribution in [2.24, 2.45) is 0 Å². The highest BCUT2D eigenvalue weighted by molar-refractivity contribution is 6.05. The van der Waals surface area contributed by atoms with Crippen LogP contribution in [0.15, 0.2) is 28.8 Å². The number of methoxy groups -OCH3 is 2. The minimum Gasteiger partial charge on any atom is -0.478 e. The summed E-state index contributed by atoms with van der Waals surface area (Å²) in [4.78, 5) is 34.3. The first-order valence-corrected chi connectivity index (χ1v) is 5.99. The number of aromatic nitrogens is 1. The van der Waals surface area contributed by atoms with Crippen molar-refractivity contribution in [2.45, 2.75) is 0 Å². The van der Waals surface area contributed by atoms with Crippen LogP contribution in [0.5, 0.6) is 0 Å². The molecule has 0 fully saturated rings. The monoisotopic (exact) mass is 305 g/mol. The number of rotatable bonds is 4. The summed E-state index contributed by atoms with van der Waals surface area (Å²) < 4.78 is 14.0. The summed E-state index contributed by atoms with van der Waals surface area (Å²) in [6.45, 7) is 0. The summed E-state index contributed by atoms with van der Waals surface area (Å²) in [6, 6.07) is 5.56. The maximum Gasteiger partial charge on any atom is 0.377 e. The number of aromatic carboxylic acids is 1. The zero-order valence-corrected chi connectivity index (χ0v) is 11.7. The van der Waals surface area contributed by atoms with Crippen LogP contribution < -0.4 is 0 Å². The van der Waals surface area contributed by atoms with E-state index in [0.717, 1.165) is 14.2 Å². The topological polar surface area (TPSA) is 116 Å². The lowest BCUT2D eigenvalue weighted by molar-refractivity contribution is 0.0521. The second-order valence-electron chi connectivity index (χ2n) is 4.10. The number of hydrogen-bond donors (Lipinski definition) is 1. The number of carboxylic acid groups (broad SMARTS) is 1. The molecule has 0 aliphatic rings. The van der Waals surface area contributed by atoms with Crippen molar-refractivity contribution in [3.05, 3.63) is 41.2 Å². The summed E-state index contributed by atoms with van der Waals surface area (Å²) in [5, 5.41) is 12.5. The molecular weight excluding hydrogens is 294 g/mol. The molecule has 114 valence electrons. The van der Waals surface area contributed by atoms with Crippen LogP contribution in [0, 0.1) is 0 Å². The van der Waals surface area contributed by atoms with Crippen LogP contribution in [-0.2, 0) is 9.47 Å². The average molecular weight is 305 g/mol. The van der Waals surface area contributed by atoms with E-state index >= 15 is 0 Å². The van der Waals surface area contributed by atoms with Gasteiger partial charge in [-0.3, -0.25) is 0 Å². The van der Waals surface area contributed by atoms with Crippen LogP contribution in [0.25, 0.3) is 11.3 Å². The molecule has 22 heavy (non-hydrogen) atoms. The van der Waals surface area contributed by atoms with Crippen LogP contribution in [-0.4, -0.2) is 42.4 Å². The average Bonchev–Trinajstić information content (AvgIpc) is 2.98. The van der Waals surface area contributed by atoms with Crippen LogP contribution in [0.3, 0.4) is 0 Å². The number of carbonyl (C=O) groups is 3. The Morgan fingerprint density at radius 2 is 1.64 bits per heavy atom. The normalized spacial score (nSPS) is 10.1. The molecule has 0 spiro atoms. The van der Waals surface area contributed by atoms with Gasteiger partial charge in [0.25, 0.3) is 5.76 Å². The Labute approximate surface area is 124 Å². The van der Waals surface area contributed by atoms with Gasteiger partial charge < -0.3 is 19.1 Å². The van der Waals surface area contributed by atoms with E-state index in [1.165, 1.54) is 24.3 Å². The Hall–Kier alpha value is -3.16. The fourth-order valence-electron chi connectivity index (χ4n) is 1.78. The third-order valence-corrected chi connectivity index (χ3v) is 2.86. The summed E-state index contributed by atoms with van der Waals surface area (Å²) in [6.07, 6.45) is 0. The molecule has 0 saturated carbocycles. The van der Waals surface area contributed by atoms with Gasteiger partial charge in [0, 0.05) is 5.56 Å². The van der Waals surface area contributed by atoms with Gasteiger partial charge in [-0.05, 0) is 12.1 Å². The van der Waals surface area contributed by atoms with E-state index in [1.807, 2.05) is 0 Å². The molecule has 1 N–H and O–H groups in total. The van der Waals surface area contributed by atoms with Crippen molar-refractivity contribution >= 4 is 17.9 Å². The Balaban J connectivity index is 2.55. The van der Waals surface area contributed by atoms with Crippen molar-refractivity contribution in [1.29, 1.82) is 0 Å². The van der Waals surface area contributed by atoms with Crippen LogP contribution in [0.1, 0.15) is 31.3 Å². The Morgan fingerprint density at radius 1 is 1.05 bits per heavy atom. The van der Waals surface area contributed by atoms with Gasteiger partial charge in [0.1, 0.15) is 11.3 Å². The minimum atomic E-state index is -1.09. The van der Waals surface area contributed by atoms with Gasteiger partial charge in [0.2, 0.25) is 0 Å². The second-order valence-corrected chi connectivity index (χ2v) is 4.10. The highest BCUT2D eigenvalue weighted by Crippen LogP contribution is 2.27. The number of esters is 2. The molecule has 0 radical (unpaired) electrons. The lowest BCUT2D eigenvalue weighted by Crippen LogP contribution is -2.10. The summed E-state index contributed by atoms with van der Waals surface area (Å²) in [5.74, 6) is -3.16. The number of benzene rings is 1. The number of nitrogens with zero attached hydrogens (tertiary/aromatic N) is 1. The van der Waals surface area contributed by atoms with Crippen LogP contribution >= 0.6 is 0 Å². The second kappa shape index (κ2) is 6.08. The Morgan fingerprint density at radius 3 is 2.14 bits per heavy atom. The molecule has 0 saturated heterocycles. The van der Waals surface area contributed by atoms with E-state index in [1.54, 1.807) is 0 Å². The fourth-order valence-corrected chi connectivity index (χ4v) is 1.78. The lowest BCUT2D eigenvalue weighted by Gasteiger charge is -2.02. The van der Waals surface area contributed by atoms with Crippen LogP contribution in [0.4, 0.5) is 0 Å². The Bertz CT molecular complexity index is 730. The van der Waals surface area contributed by atoms with Gasteiger partial charge in [-0.25, -0.2) is 14.4 Å². The first kappa shape index (κ1) is 15.2. The predicted octanol–water partition coefficient (Wildman–Crippen LogP) is 1.61. The smallest absolute Gasteiger partial charge is 0.377 e. The summed E-state index contributed by atoms with van der Waals surface area (Å²) >= 11 is 0. The molecule has 1 aromatic carbocycles. The summed E-state index contributed by atoms with van der Waals surface area (Å²) in [7, 11) is 2.28. The number of hydrogen-bond acceptors (Lipinski definition) is 7. The first-order valence-electron chi connectivity index (χ1n) is 5.99. The minimum absolute atomic E-state index is 0.0594. The highest BCUT2D eigenvalue weighted by Gasteiger charge is 2.29. The number of carboxylic acids is 1. The first-order chi connectivity index (χ1) is 10.5. The standard InChI is InChI=1S/C14H11NO7/c1-20-13(18)9-10(15-22-11(9)14(19)21-2)7-3-5-8(6-4-7)12(16)17/h3-6H,1-2H3,(H,16,17). The quantitative estimate of drug-likeness (QED) is 0.847. The molecule has 1 aromatic heterocycles. The van der Waals surface area contributed by atoms with Gasteiger partial charge in [-0.1, -0.05) is 17.3 Å². The third-order valence-electron chi connectivity index (χ3n) is 2.86. The number of ether oxygens (including phenoxy) is 2. The molecule has 8 heteroatoms. The van der Waals surface area contributed by atoms with Crippen molar-refractivity contribution < 1.29 is 33.5 Å².